The molecule has 1 saturated heterocycles. The Bertz CT molecular complexity index is 756. The number of rotatable bonds is 5. The van der Waals surface area contributed by atoms with Gasteiger partial charge >= 0.3 is 0 Å². The van der Waals surface area contributed by atoms with Gasteiger partial charge in [-0.05, 0) is 65.6 Å². The van der Waals surface area contributed by atoms with Crippen molar-refractivity contribution in [3.63, 3.8) is 0 Å². The molecule has 0 spiro atoms. The van der Waals surface area contributed by atoms with Gasteiger partial charge < -0.3 is 10.6 Å². The lowest BCUT2D eigenvalue weighted by atomic mass is 10.0. The fourth-order valence-electron chi connectivity index (χ4n) is 3.83. The minimum absolute atomic E-state index is 0.0344. The van der Waals surface area contributed by atoms with E-state index >= 15 is 0 Å². The van der Waals surface area contributed by atoms with E-state index in [-0.39, 0.29) is 11.9 Å². The number of benzene rings is 1. The van der Waals surface area contributed by atoms with Crippen molar-refractivity contribution in [3.05, 3.63) is 46.3 Å². The van der Waals surface area contributed by atoms with Crippen LogP contribution < -0.4 is 10.6 Å². The lowest BCUT2D eigenvalue weighted by molar-refractivity contribution is 0.0934. The number of nitrogens with one attached hydrogen (secondary N) is 2. The van der Waals surface area contributed by atoms with Crippen LogP contribution >= 0.6 is 0 Å². The summed E-state index contributed by atoms with van der Waals surface area (Å²) in [5.74, 6) is -0.139. The van der Waals surface area contributed by atoms with Crippen molar-refractivity contribution in [2.45, 2.75) is 59.0 Å². The normalized spacial score (nSPS) is 16.5. The van der Waals surface area contributed by atoms with E-state index in [0.29, 0.717) is 11.7 Å². The number of hydrogen-bond donors (Lipinski definition) is 2. The van der Waals surface area contributed by atoms with Gasteiger partial charge in [-0.2, -0.15) is 0 Å². The molecule has 2 aromatic rings. The van der Waals surface area contributed by atoms with Gasteiger partial charge in [-0.1, -0.05) is 34.5 Å². The van der Waals surface area contributed by atoms with E-state index in [1.807, 2.05) is 18.5 Å². The van der Waals surface area contributed by atoms with E-state index in [1.165, 1.54) is 16.7 Å². The van der Waals surface area contributed by atoms with E-state index in [4.69, 9.17) is 0 Å². The highest BCUT2D eigenvalue weighted by Crippen LogP contribution is 2.20. The first-order valence-corrected chi connectivity index (χ1v) is 9.44. The summed E-state index contributed by atoms with van der Waals surface area (Å²) in [5, 5.41) is 14.8. The van der Waals surface area contributed by atoms with Crippen molar-refractivity contribution in [3.8, 4) is 0 Å². The molecule has 1 unspecified atom stereocenters. The van der Waals surface area contributed by atoms with Crippen molar-refractivity contribution >= 4 is 5.91 Å². The van der Waals surface area contributed by atoms with Crippen LogP contribution in [0.1, 0.15) is 58.7 Å². The van der Waals surface area contributed by atoms with E-state index in [0.717, 1.165) is 38.0 Å². The third-order valence-electron chi connectivity index (χ3n) is 5.00. The van der Waals surface area contributed by atoms with Gasteiger partial charge in [-0.3, -0.25) is 4.79 Å². The molecule has 140 valence electrons. The number of carbonyl (C=O) groups excluding carboxylic acids is 1. The highest BCUT2D eigenvalue weighted by Gasteiger charge is 2.23. The molecule has 2 N–H and O–H groups in total. The van der Waals surface area contributed by atoms with Gasteiger partial charge in [0.15, 0.2) is 5.69 Å². The smallest absolute Gasteiger partial charge is 0.273 e. The Hall–Kier alpha value is -2.21. The van der Waals surface area contributed by atoms with Gasteiger partial charge in [0.25, 0.3) is 5.91 Å². The molecule has 6 nitrogen and oxygen atoms in total. The summed E-state index contributed by atoms with van der Waals surface area (Å²) >= 11 is 0. The molecule has 1 aliphatic rings. The number of aryl methyl sites for hydroxylation is 2. The molecular formula is C20H29N5O. The number of aromatic nitrogens is 3. The van der Waals surface area contributed by atoms with Crippen molar-refractivity contribution in [1.82, 2.24) is 25.6 Å². The van der Waals surface area contributed by atoms with Gasteiger partial charge in [0, 0.05) is 6.04 Å². The van der Waals surface area contributed by atoms with Gasteiger partial charge in [-0.25, -0.2) is 4.68 Å². The summed E-state index contributed by atoms with van der Waals surface area (Å²) in [7, 11) is 0. The van der Waals surface area contributed by atoms with E-state index in [1.54, 1.807) is 0 Å². The molecule has 1 aromatic carbocycles. The molecule has 1 amide bonds. The van der Waals surface area contributed by atoms with Crippen molar-refractivity contribution in [2.75, 3.05) is 13.1 Å². The molecule has 0 aliphatic carbocycles. The second-order valence-corrected chi connectivity index (χ2v) is 7.52. The summed E-state index contributed by atoms with van der Waals surface area (Å²) in [6.07, 6.45) is 2.85. The van der Waals surface area contributed by atoms with Crippen LogP contribution in [0.3, 0.4) is 0 Å². The number of nitrogens with zero attached hydrogens (tertiary/aromatic N) is 3. The molecule has 6 heteroatoms. The summed E-state index contributed by atoms with van der Waals surface area (Å²) < 4.78 is 1.92. The maximum absolute atomic E-state index is 12.7. The Morgan fingerprint density at radius 3 is 2.54 bits per heavy atom. The van der Waals surface area contributed by atoms with E-state index < -0.39 is 0 Å². The zero-order valence-corrected chi connectivity index (χ0v) is 16.2. The molecule has 26 heavy (non-hydrogen) atoms. The Labute approximate surface area is 155 Å². The Kier molecular flexibility index (Phi) is 5.71. The maximum atomic E-state index is 12.7. The Balaban J connectivity index is 1.65. The van der Waals surface area contributed by atoms with Gasteiger partial charge in [0.2, 0.25) is 0 Å². The molecular weight excluding hydrogens is 326 g/mol. The molecule has 1 aliphatic heterocycles. The quantitative estimate of drug-likeness (QED) is 0.864. The zero-order valence-electron chi connectivity index (χ0n) is 16.2. The van der Waals surface area contributed by atoms with E-state index in [9.17, 15) is 4.79 Å². The van der Waals surface area contributed by atoms with Gasteiger partial charge in [0.05, 0.1) is 11.7 Å². The first kappa shape index (κ1) is 18.6. The summed E-state index contributed by atoms with van der Waals surface area (Å²) in [4.78, 5) is 12.7. The van der Waals surface area contributed by atoms with Crippen LogP contribution in [0.15, 0.2) is 18.2 Å². The average Bonchev–Trinajstić information content (AvgIpc) is 2.96. The summed E-state index contributed by atoms with van der Waals surface area (Å²) in [6.45, 7) is 10.1. The number of piperidine rings is 1. The second-order valence-electron chi connectivity index (χ2n) is 7.52. The van der Waals surface area contributed by atoms with Gasteiger partial charge in [-0.15, -0.1) is 5.10 Å². The van der Waals surface area contributed by atoms with Crippen LogP contribution in [-0.2, 0) is 6.42 Å². The average molecular weight is 355 g/mol. The van der Waals surface area contributed by atoms with Crippen LogP contribution in [0.2, 0.25) is 0 Å². The Morgan fingerprint density at radius 2 is 1.88 bits per heavy atom. The number of hydrogen-bond acceptors (Lipinski definition) is 4. The third-order valence-corrected chi connectivity index (χ3v) is 5.00. The fraction of sp³-hybridized carbons (Fsp3) is 0.550. The minimum Gasteiger partial charge on any atom is -0.348 e. The number of carbonyl (C=O) groups is 1. The largest absolute Gasteiger partial charge is 0.348 e. The lowest BCUT2D eigenvalue weighted by Crippen LogP contribution is -2.35. The minimum atomic E-state index is -0.139. The number of amides is 1. The van der Waals surface area contributed by atoms with Crippen LogP contribution in [0.25, 0.3) is 0 Å². The van der Waals surface area contributed by atoms with Crippen LogP contribution in [0, 0.1) is 20.8 Å². The van der Waals surface area contributed by atoms with Crippen molar-refractivity contribution < 1.29 is 4.79 Å². The van der Waals surface area contributed by atoms with E-state index in [2.05, 4.69) is 53.0 Å². The summed E-state index contributed by atoms with van der Waals surface area (Å²) in [6, 6.07) is 6.88. The standard InChI is InChI=1S/C20H29N5O/c1-13-9-14(2)11-17(10-13)12-15(3)22-20(26)19-16(4)25(24-23-19)18-5-7-21-8-6-18/h9-11,15,18,21H,5-8,12H2,1-4H3,(H,22,26). The first-order valence-electron chi connectivity index (χ1n) is 9.44. The predicted octanol–water partition coefficient (Wildman–Crippen LogP) is 2.49. The lowest BCUT2D eigenvalue weighted by Gasteiger charge is -2.23. The van der Waals surface area contributed by atoms with Crippen LogP contribution in [0.5, 0.6) is 0 Å². The summed E-state index contributed by atoms with van der Waals surface area (Å²) in [5.41, 5.74) is 5.03. The molecule has 0 radical (unpaired) electrons. The third kappa shape index (κ3) is 4.30. The molecule has 1 fully saturated rings. The van der Waals surface area contributed by atoms with Gasteiger partial charge in [0.1, 0.15) is 0 Å². The SMILES string of the molecule is Cc1cc(C)cc(CC(C)NC(=O)c2nnn(C3CCNCC3)c2C)c1. The molecule has 0 bridgehead atoms. The van der Waals surface area contributed by atoms with Crippen LogP contribution in [-0.4, -0.2) is 40.0 Å². The molecule has 1 atom stereocenters. The fourth-order valence-corrected chi connectivity index (χ4v) is 3.83. The molecule has 0 saturated carbocycles. The topological polar surface area (TPSA) is 71.8 Å². The monoisotopic (exact) mass is 355 g/mol. The highest BCUT2D eigenvalue weighted by molar-refractivity contribution is 5.93. The Morgan fingerprint density at radius 1 is 1.23 bits per heavy atom. The van der Waals surface area contributed by atoms with Crippen molar-refractivity contribution in [2.24, 2.45) is 0 Å². The molecule has 3 rings (SSSR count). The molecule has 1 aromatic heterocycles. The molecule has 2 heterocycles. The zero-order chi connectivity index (χ0) is 18.7. The highest BCUT2D eigenvalue weighted by atomic mass is 16.2. The van der Waals surface area contributed by atoms with Crippen LogP contribution in [0.4, 0.5) is 0 Å². The first-order chi connectivity index (χ1) is 12.4. The predicted molar refractivity (Wildman–Crippen MR) is 102 cm³/mol. The second kappa shape index (κ2) is 7.99. The maximum Gasteiger partial charge on any atom is 0.273 e. The van der Waals surface area contributed by atoms with Crippen molar-refractivity contribution in [1.29, 1.82) is 0 Å².